The molecule has 126 valence electrons. The van der Waals surface area contributed by atoms with E-state index in [1.807, 2.05) is 4.90 Å². The summed E-state index contributed by atoms with van der Waals surface area (Å²) < 4.78 is 0. The molecule has 0 aliphatic carbocycles. The normalized spacial score (nSPS) is 14.5. The molecule has 1 amide bonds. The van der Waals surface area contributed by atoms with Gasteiger partial charge in [0.25, 0.3) is 5.91 Å². The number of carbonyl (C=O) groups is 1. The van der Waals surface area contributed by atoms with Gasteiger partial charge in [-0.25, -0.2) is 9.97 Å². The fourth-order valence-corrected chi connectivity index (χ4v) is 3.30. The van der Waals surface area contributed by atoms with Crippen LogP contribution in [0.5, 0.6) is 0 Å². The predicted octanol–water partition coefficient (Wildman–Crippen LogP) is 4.46. The van der Waals surface area contributed by atoms with Crippen molar-refractivity contribution in [1.82, 2.24) is 14.9 Å². The molecule has 1 aromatic carbocycles. The van der Waals surface area contributed by atoms with Crippen molar-refractivity contribution < 1.29 is 4.79 Å². The molecule has 2 heterocycles. The molecule has 3 rings (SSSR count). The van der Waals surface area contributed by atoms with E-state index < -0.39 is 0 Å². The highest BCUT2D eigenvalue weighted by Crippen LogP contribution is 2.25. The number of benzene rings is 1. The van der Waals surface area contributed by atoms with Gasteiger partial charge in [0, 0.05) is 34.9 Å². The Morgan fingerprint density at radius 2 is 1.71 bits per heavy atom. The molecule has 1 aromatic heterocycles. The molecule has 0 unspecified atom stereocenters. The van der Waals surface area contributed by atoms with Crippen LogP contribution in [0, 0.1) is 6.92 Å². The lowest BCUT2D eigenvalue weighted by Gasteiger charge is -2.26. The van der Waals surface area contributed by atoms with Crippen LogP contribution >= 0.6 is 23.2 Å². The van der Waals surface area contributed by atoms with Gasteiger partial charge >= 0.3 is 0 Å². The molecule has 1 aliphatic heterocycles. The summed E-state index contributed by atoms with van der Waals surface area (Å²) in [6.45, 7) is 3.34. The lowest BCUT2D eigenvalue weighted by atomic mass is 10.1. The topological polar surface area (TPSA) is 58.1 Å². The first-order chi connectivity index (χ1) is 11.5. The Morgan fingerprint density at radius 3 is 2.38 bits per heavy atom. The van der Waals surface area contributed by atoms with Crippen LogP contribution in [-0.4, -0.2) is 33.9 Å². The number of nitrogens with one attached hydrogen (secondary N) is 1. The van der Waals surface area contributed by atoms with Gasteiger partial charge in [-0.2, -0.15) is 0 Å². The third kappa shape index (κ3) is 4.16. The van der Waals surface area contributed by atoms with Gasteiger partial charge in [0.2, 0.25) is 0 Å². The number of carbonyl (C=O) groups excluding carboxylic acids is 1. The molecule has 0 radical (unpaired) electrons. The largest absolute Gasteiger partial charge is 0.340 e. The fraction of sp³-hybridized carbons (Fsp3) is 0.353. The lowest BCUT2D eigenvalue weighted by Crippen LogP contribution is -2.36. The average Bonchev–Trinajstić information content (AvgIpc) is 2.53. The zero-order valence-corrected chi connectivity index (χ0v) is 14.9. The van der Waals surface area contributed by atoms with Crippen LogP contribution in [0.25, 0.3) is 0 Å². The highest BCUT2D eigenvalue weighted by Gasteiger charge is 2.20. The number of hydrogen-bond acceptors (Lipinski definition) is 4. The highest BCUT2D eigenvalue weighted by atomic mass is 35.5. The molecular weight excluding hydrogens is 347 g/mol. The van der Waals surface area contributed by atoms with Crippen LogP contribution in [0.3, 0.4) is 0 Å². The summed E-state index contributed by atoms with van der Waals surface area (Å²) in [4.78, 5) is 23.1. The minimum absolute atomic E-state index is 0.0487. The van der Waals surface area contributed by atoms with Crippen molar-refractivity contribution in [2.24, 2.45) is 0 Å². The molecule has 7 heteroatoms. The van der Waals surface area contributed by atoms with E-state index in [0.29, 0.717) is 33.1 Å². The zero-order valence-electron chi connectivity index (χ0n) is 13.4. The maximum absolute atomic E-state index is 12.6. The summed E-state index contributed by atoms with van der Waals surface area (Å²) >= 11 is 12.0. The number of piperidine rings is 1. The zero-order chi connectivity index (χ0) is 17.1. The van der Waals surface area contributed by atoms with E-state index >= 15 is 0 Å². The highest BCUT2D eigenvalue weighted by molar-refractivity contribution is 6.35. The van der Waals surface area contributed by atoms with Crippen LogP contribution in [0.2, 0.25) is 10.0 Å². The van der Waals surface area contributed by atoms with Gasteiger partial charge in [0.05, 0.1) is 0 Å². The third-order valence-electron chi connectivity index (χ3n) is 3.84. The van der Waals surface area contributed by atoms with Crippen molar-refractivity contribution in [1.29, 1.82) is 0 Å². The van der Waals surface area contributed by atoms with Crippen molar-refractivity contribution in [3.63, 3.8) is 0 Å². The molecule has 5 nitrogen and oxygen atoms in total. The standard InChI is InChI=1S/C17H18Cl2N4O/c1-11-20-15(17(24)23-5-3-2-4-6-23)10-16(21-11)22-14-8-12(18)7-13(19)9-14/h7-10H,2-6H2,1H3,(H,20,21,22). The quantitative estimate of drug-likeness (QED) is 0.873. The fourth-order valence-electron chi connectivity index (χ4n) is 2.77. The summed E-state index contributed by atoms with van der Waals surface area (Å²) in [5.74, 6) is 1.03. The summed E-state index contributed by atoms with van der Waals surface area (Å²) in [7, 11) is 0. The number of rotatable bonds is 3. The molecule has 1 saturated heterocycles. The van der Waals surface area contributed by atoms with Crippen molar-refractivity contribution >= 4 is 40.6 Å². The Balaban J connectivity index is 1.84. The second-order valence-electron chi connectivity index (χ2n) is 5.82. The number of amides is 1. The number of halogens is 2. The summed E-state index contributed by atoms with van der Waals surface area (Å²) in [5, 5.41) is 4.19. The van der Waals surface area contributed by atoms with E-state index in [1.54, 1.807) is 31.2 Å². The number of aromatic nitrogens is 2. The Hall–Kier alpha value is -1.85. The molecule has 0 saturated carbocycles. The first-order valence-electron chi connectivity index (χ1n) is 7.89. The number of likely N-dealkylation sites (tertiary alicyclic amines) is 1. The van der Waals surface area contributed by atoms with Crippen LogP contribution in [-0.2, 0) is 0 Å². The number of aryl methyl sites for hydroxylation is 1. The summed E-state index contributed by atoms with van der Waals surface area (Å²) in [5.41, 5.74) is 1.11. The van der Waals surface area contributed by atoms with Crippen LogP contribution < -0.4 is 5.32 Å². The Kier molecular flexibility index (Phi) is 5.21. The maximum atomic E-state index is 12.6. The van der Waals surface area contributed by atoms with Gasteiger partial charge in [0.1, 0.15) is 17.3 Å². The summed E-state index contributed by atoms with van der Waals surface area (Å²) in [6, 6.07) is 6.82. The Labute approximate surface area is 151 Å². The monoisotopic (exact) mass is 364 g/mol. The molecule has 0 atom stereocenters. The molecule has 1 aliphatic rings. The first-order valence-corrected chi connectivity index (χ1v) is 8.65. The van der Waals surface area contributed by atoms with E-state index in [0.717, 1.165) is 25.9 Å². The Morgan fingerprint density at radius 1 is 1.04 bits per heavy atom. The molecule has 24 heavy (non-hydrogen) atoms. The van der Waals surface area contributed by atoms with Gasteiger partial charge in [-0.3, -0.25) is 4.79 Å². The third-order valence-corrected chi connectivity index (χ3v) is 4.27. The second-order valence-corrected chi connectivity index (χ2v) is 6.69. The van der Waals surface area contributed by atoms with Crippen molar-refractivity contribution in [2.75, 3.05) is 18.4 Å². The van der Waals surface area contributed by atoms with E-state index in [1.165, 1.54) is 6.42 Å². The lowest BCUT2D eigenvalue weighted by molar-refractivity contribution is 0.0718. The van der Waals surface area contributed by atoms with Crippen molar-refractivity contribution in [3.05, 3.63) is 45.8 Å². The number of nitrogens with zero attached hydrogens (tertiary/aromatic N) is 3. The molecule has 0 spiro atoms. The van der Waals surface area contributed by atoms with Gasteiger partial charge in [-0.05, 0) is 44.4 Å². The van der Waals surface area contributed by atoms with Crippen LogP contribution in [0.4, 0.5) is 11.5 Å². The SMILES string of the molecule is Cc1nc(Nc2cc(Cl)cc(Cl)c2)cc(C(=O)N2CCCCC2)n1. The second kappa shape index (κ2) is 7.36. The minimum Gasteiger partial charge on any atom is -0.340 e. The van der Waals surface area contributed by atoms with Crippen LogP contribution in [0.1, 0.15) is 35.6 Å². The van der Waals surface area contributed by atoms with Gasteiger partial charge < -0.3 is 10.2 Å². The van der Waals surface area contributed by atoms with Crippen molar-refractivity contribution in [3.8, 4) is 0 Å². The van der Waals surface area contributed by atoms with E-state index in [-0.39, 0.29) is 5.91 Å². The number of anilines is 2. The van der Waals surface area contributed by atoms with E-state index in [9.17, 15) is 4.79 Å². The molecule has 1 N–H and O–H groups in total. The summed E-state index contributed by atoms with van der Waals surface area (Å²) in [6.07, 6.45) is 3.26. The van der Waals surface area contributed by atoms with Gasteiger partial charge in [0.15, 0.2) is 0 Å². The van der Waals surface area contributed by atoms with Crippen molar-refractivity contribution in [2.45, 2.75) is 26.2 Å². The average molecular weight is 365 g/mol. The van der Waals surface area contributed by atoms with E-state index in [4.69, 9.17) is 23.2 Å². The smallest absolute Gasteiger partial charge is 0.272 e. The predicted molar refractivity (Wildman–Crippen MR) is 96.3 cm³/mol. The number of hydrogen-bond donors (Lipinski definition) is 1. The first kappa shape index (κ1) is 17.0. The van der Waals surface area contributed by atoms with Crippen LogP contribution in [0.15, 0.2) is 24.3 Å². The Bertz CT molecular complexity index is 740. The van der Waals surface area contributed by atoms with Gasteiger partial charge in [-0.1, -0.05) is 23.2 Å². The molecule has 1 fully saturated rings. The maximum Gasteiger partial charge on any atom is 0.272 e. The molecule has 2 aromatic rings. The van der Waals surface area contributed by atoms with Gasteiger partial charge in [-0.15, -0.1) is 0 Å². The van der Waals surface area contributed by atoms with E-state index in [2.05, 4.69) is 15.3 Å². The molecule has 0 bridgehead atoms. The minimum atomic E-state index is -0.0487. The molecular formula is C17H18Cl2N4O.